The molecule has 0 saturated carbocycles. The van der Waals surface area contributed by atoms with Gasteiger partial charge in [0.05, 0.1) is 0 Å². The first-order valence-corrected chi connectivity index (χ1v) is 3.42. The molecule has 0 aromatic carbocycles. The Morgan fingerprint density at radius 2 is 1.64 bits per heavy atom. The lowest BCUT2D eigenvalue weighted by Gasteiger charge is -1.70. The minimum absolute atomic E-state index is 0. The summed E-state index contributed by atoms with van der Waals surface area (Å²) in [7, 11) is 0. The average Bonchev–Trinajstić information content (AvgIpc) is 1.90. The van der Waals surface area contributed by atoms with Crippen molar-refractivity contribution in [2.24, 2.45) is 5.73 Å². The number of pyridine rings is 1. The summed E-state index contributed by atoms with van der Waals surface area (Å²) >= 11 is 7.65. The van der Waals surface area contributed by atoms with Crippen molar-refractivity contribution in [1.82, 2.24) is 11.1 Å². The van der Waals surface area contributed by atoms with Gasteiger partial charge in [0.15, 0.2) is 0 Å². The van der Waals surface area contributed by atoms with Gasteiger partial charge < -0.3 is 11.9 Å². The van der Waals surface area contributed by atoms with Crippen LogP contribution < -0.4 is 11.9 Å². The third-order valence-corrected chi connectivity index (χ3v) is 0.566. The van der Waals surface area contributed by atoms with E-state index >= 15 is 0 Å². The van der Waals surface area contributed by atoms with Crippen LogP contribution in [0, 0.1) is 0 Å². The minimum Gasteiger partial charge on any atom is -0.385 e. The lowest BCUT2D eigenvalue weighted by atomic mass is 10.5. The molecule has 1 rings (SSSR count). The Bertz CT molecular complexity index is 148. The van der Waals surface area contributed by atoms with E-state index in [1.165, 1.54) is 0 Å². The highest BCUT2D eigenvalue weighted by atomic mass is 32.1. The van der Waals surface area contributed by atoms with Crippen LogP contribution in [0.25, 0.3) is 0 Å². The van der Waals surface area contributed by atoms with E-state index in [1.807, 2.05) is 18.2 Å². The minimum atomic E-state index is 0. The van der Waals surface area contributed by atoms with E-state index in [2.05, 4.69) is 29.8 Å². The van der Waals surface area contributed by atoms with Gasteiger partial charge in [0.25, 0.3) is 0 Å². The maximum absolute atomic E-state index is 4.71. The molecule has 0 aliphatic carbocycles. The first-order chi connectivity index (χ1) is 4.73. The number of aromatic nitrogens is 1. The lowest BCUT2D eigenvalue weighted by molar-refractivity contribution is 1.33. The molecule has 62 valence electrons. The molecule has 0 unspecified atom stereocenters. The van der Waals surface area contributed by atoms with E-state index in [1.54, 1.807) is 12.4 Å². The number of thiocarbonyl (C=S) groups is 1. The van der Waals surface area contributed by atoms with Gasteiger partial charge in [-0.1, -0.05) is 18.3 Å². The van der Waals surface area contributed by atoms with E-state index in [0.29, 0.717) is 0 Å². The molecule has 0 aliphatic heterocycles. The highest BCUT2D eigenvalue weighted by Crippen LogP contribution is 1.73. The Kier molecular flexibility index (Phi) is 11.0. The van der Waals surface area contributed by atoms with Gasteiger partial charge in [-0.15, -0.1) is 12.6 Å². The molecule has 0 bridgehead atoms. The third-order valence-electron chi connectivity index (χ3n) is 0.566. The number of rotatable bonds is 0. The molecule has 5 heteroatoms. The van der Waals surface area contributed by atoms with Crippen molar-refractivity contribution in [1.29, 1.82) is 0 Å². The topological polar surface area (TPSA) is 73.9 Å². The quantitative estimate of drug-likeness (QED) is 0.426. The first kappa shape index (κ1) is 13.0. The second-order valence-electron chi connectivity index (χ2n) is 1.36. The van der Waals surface area contributed by atoms with Crippen molar-refractivity contribution in [3.8, 4) is 0 Å². The highest BCUT2D eigenvalue weighted by molar-refractivity contribution is 8.10. The molecular formula is C6H11N3S2. The van der Waals surface area contributed by atoms with Crippen LogP contribution in [0.5, 0.6) is 0 Å². The van der Waals surface area contributed by atoms with E-state index in [4.69, 9.17) is 5.73 Å². The van der Waals surface area contributed by atoms with Crippen LogP contribution >= 0.6 is 24.8 Å². The fourth-order valence-electron chi connectivity index (χ4n) is 0.313. The van der Waals surface area contributed by atoms with Crippen LogP contribution in [-0.4, -0.2) is 9.30 Å². The number of nitrogens with zero attached hydrogens (tertiary/aromatic N) is 1. The number of thiol groups is 1. The van der Waals surface area contributed by atoms with Crippen molar-refractivity contribution in [2.75, 3.05) is 0 Å². The van der Waals surface area contributed by atoms with Gasteiger partial charge in [-0.25, -0.2) is 0 Å². The van der Waals surface area contributed by atoms with Crippen molar-refractivity contribution < 1.29 is 0 Å². The Morgan fingerprint density at radius 3 is 1.73 bits per heavy atom. The van der Waals surface area contributed by atoms with Gasteiger partial charge in [-0.05, 0) is 12.1 Å². The summed E-state index contributed by atoms with van der Waals surface area (Å²) in [6.07, 6.45) is 3.50. The van der Waals surface area contributed by atoms with Crippen LogP contribution in [0.2, 0.25) is 0 Å². The molecule has 0 aliphatic rings. The Labute approximate surface area is 77.0 Å². The van der Waals surface area contributed by atoms with Gasteiger partial charge in [-0.3, -0.25) is 4.98 Å². The largest absolute Gasteiger partial charge is 0.385 e. The molecule has 1 aromatic rings. The summed E-state index contributed by atoms with van der Waals surface area (Å²) < 4.78 is 0.194. The molecule has 1 aromatic heterocycles. The molecule has 0 amide bonds. The average molecular weight is 189 g/mol. The van der Waals surface area contributed by atoms with Gasteiger partial charge in [-0.2, -0.15) is 0 Å². The van der Waals surface area contributed by atoms with Crippen LogP contribution in [0.1, 0.15) is 0 Å². The molecule has 0 radical (unpaired) electrons. The Balaban J connectivity index is 0. The fraction of sp³-hybridized carbons (Fsp3) is 0. The van der Waals surface area contributed by atoms with Crippen LogP contribution in [0.3, 0.4) is 0 Å². The molecule has 0 spiro atoms. The number of hydrogen-bond donors (Lipinski definition) is 3. The zero-order chi connectivity index (χ0) is 7.82. The molecule has 0 saturated heterocycles. The normalized spacial score (nSPS) is 6.64. The summed E-state index contributed by atoms with van der Waals surface area (Å²) in [5.41, 5.74) is 4.71. The van der Waals surface area contributed by atoms with Crippen molar-refractivity contribution in [3.63, 3.8) is 0 Å². The Morgan fingerprint density at radius 1 is 1.27 bits per heavy atom. The smallest absolute Gasteiger partial charge is 0.128 e. The maximum atomic E-state index is 4.71. The zero-order valence-electron chi connectivity index (χ0n) is 5.97. The van der Waals surface area contributed by atoms with Gasteiger partial charge in [0.1, 0.15) is 4.32 Å². The highest BCUT2D eigenvalue weighted by Gasteiger charge is 1.58. The third kappa shape index (κ3) is 17.6. The fourth-order valence-corrected chi connectivity index (χ4v) is 0.313. The van der Waals surface area contributed by atoms with Crippen molar-refractivity contribution in [2.45, 2.75) is 0 Å². The molecule has 0 fully saturated rings. The van der Waals surface area contributed by atoms with Gasteiger partial charge in [0.2, 0.25) is 0 Å². The van der Waals surface area contributed by atoms with Crippen LogP contribution in [0.15, 0.2) is 30.6 Å². The summed E-state index contributed by atoms with van der Waals surface area (Å²) in [4.78, 5) is 3.78. The summed E-state index contributed by atoms with van der Waals surface area (Å²) in [6.45, 7) is 0. The monoisotopic (exact) mass is 189 g/mol. The predicted molar refractivity (Wildman–Crippen MR) is 55.0 cm³/mol. The molecule has 3 nitrogen and oxygen atoms in total. The molecular weight excluding hydrogens is 178 g/mol. The zero-order valence-corrected chi connectivity index (χ0v) is 7.68. The van der Waals surface area contributed by atoms with E-state index in [0.717, 1.165) is 0 Å². The van der Waals surface area contributed by atoms with Crippen LogP contribution in [-0.2, 0) is 0 Å². The summed E-state index contributed by atoms with van der Waals surface area (Å²) in [5.74, 6) is 0. The van der Waals surface area contributed by atoms with Crippen molar-refractivity contribution >= 4 is 29.2 Å². The Hall–Kier alpha value is -0.650. The second kappa shape index (κ2) is 9.35. The van der Waals surface area contributed by atoms with E-state index < -0.39 is 0 Å². The van der Waals surface area contributed by atoms with E-state index in [9.17, 15) is 0 Å². The summed E-state index contributed by atoms with van der Waals surface area (Å²) in [5, 5.41) is 0. The lowest BCUT2D eigenvalue weighted by Crippen LogP contribution is -1.94. The summed E-state index contributed by atoms with van der Waals surface area (Å²) in [6, 6.07) is 5.72. The first-order valence-electron chi connectivity index (χ1n) is 2.57. The maximum Gasteiger partial charge on any atom is 0.128 e. The number of nitrogens with two attached hydrogens (primary N) is 1. The molecule has 5 N–H and O–H groups in total. The molecule has 11 heavy (non-hydrogen) atoms. The van der Waals surface area contributed by atoms with E-state index in [-0.39, 0.29) is 10.5 Å². The number of hydrogen-bond acceptors (Lipinski definition) is 3. The molecule has 0 atom stereocenters. The van der Waals surface area contributed by atoms with Gasteiger partial charge >= 0.3 is 0 Å². The van der Waals surface area contributed by atoms with Crippen molar-refractivity contribution in [3.05, 3.63) is 30.6 Å². The van der Waals surface area contributed by atoms with Gasteiger partial charge in [0, 0.05) is 12.4 Å². The SMILES string of the molecule is N.NC(=S)S.c1ccncc1. The molecule has 1 heterocycles. The predicted octanol–water partition coefficient (Wildman–Crippen LogP) is 1.40. The van der Waals surface area contributed by atoms with Crippen LogP contribution in [0.4, 0.5) is 0 Å². The standard InChI is InChI=1S/C5H5N.CH3NS2.H3N/c1-2-4-6-5-3-1;2-1(3)4;/h1-5H;(H3,2,3,4);1H3. The second-order valence-corrected chi connectivity index (χ2v) is 2.59.